The van der Waals surface area contributed by atoms with Crippen molar-refractivity contribution in [2.45, 2.75) is 26.2 Å². The SMILES string of the molecule is Cc1cccc(N(C)CC2(CCN)CC2)c1. The van der Waals surface area contributed by atoms with E-state index in [1.807, 2.05) is 0 Å². The summed E-state index contributed by atoms with van der Waals surface area (Å²) in [5, 5.41) is 0. The third kappa shape index (κ3) is 2.56. The van der Waals surface area contributed by atoms with Gasteiger partial charge >= 0.3 is 0 Å². The second kappa shape index (κ2) is 4.46. The predicted octanol–water partition coefficient (Wildman–Crippen LogP) is 2.56. The van der Waals surface area contributed by atoms with E-state index in [0.717, 1.165) is 13.1 Å². The van der Waals surface area contributed by atoms with Crippen molar-refractivity contribution in [3.05, 3.63) is 29.8 Å². The summed E-state index contributed by atoms with van der Waals surface area (Å²) >= 11 is 0. The smallest absolute Gasteiger partial charge is 0.0366 e. The summed E-state index contributed by atoms with van der Waals surface area (Å²) in [6.45, 7) is 4.11. The number of aryl methyl sites for hydroxylation is 1. The van der Waals surface area contributed by atoms with Gasteiger partial charge in [0, 0.05) is 19.3 Å². The highest BCUT2D eigenvalue weighted by molar-refractivity contribution is 5.48. The minimum Gasteiger partial charge on any atom is -0.374 e. The summed E-state index contributed by atoms with van der Waals surface area (Å²) in [4.78, 5) is 2.37. The van der Waals surface area contributed by atoms with Gasteiger partial charge in [0.05, 0.1) is 0 Å². The molecule has 2 rings (SSSR count). The summed E-state index contributed by atoms with van der Waals surface area (Å²) in [5.41, 5.74) is 8.85. The van der Waals surface area contributed by atoms with Gasteiger partial charge in [-0.15, -0.1) is 0 Å². The molecule has 0 bridgehead atoms. The molecule has 1 aliphatic rings. The second-order valence-corrected chi connectivity index (χ2v) is 5.23. The van der Waals surface area contributed by atoms with Gasteiger partial charge in [0.15, 0.2) is 0 Å². The number of hydrogen-bond donors (Lipinski definition) is 1. The van der Waals surface area contributed by atoms with Gasteiger partial charge in [0.2, 0.25) is 0 Å². The molecule has 0 atom stereocenters. The first-order valence-electron chi connectivity index (χ1n) is 6.13. The normalized spacial score (nSPS) is 17.2. The van der Waals surface area contributed by atoms with E-state index in [4.69, 9.17) is 5.73 Å². The van der Waals surface area contributed by atoms with Gasteiger partial charge in [-0.05, 0) is 55.8 Å². The molecule has 2 N–H and O–H groups in total. The summed E-state index contributed by atoms with van der Waals surface area (Å²) in [6, 6.07) is 8.71. The summed E-state index contributed by atoms with van der Waals surface area (Å²) in [5.74, 6) is 0. The topological polar surface area (TPSA) is 29.3 Å². The maximum atomic E-state index is 5.67. The Morgan fingerprint density at radius 2 is 2.12 bits per heavy atom. The average molecular weight is 218 g/mol. The van der Waals surface area contributed by atoms with E-state index in [9.17, 15) is 0 Å². The zero-order valence-electron chi connectivity index (χ0n) is 10.4. The summed E-state index contributed by atoms with van der Waals surface area (Å²) in [7, 11) is 2.19. The lowest BCUT2D eigenvalue weighted by atomic mass is 10.0. The lowest BCUT2D eigenvalue weighted by Crippen LogP contribution is -2.28. The maximum absolute atomic E-state index is 5.67. The van der Waals surface area contributed by atoms with Crippen molar-refractivity contribution in [3.8, 4) is 0 Å². The lowest BCUT2D eigenvalue weighted by molar-refractivity contribution is 0.475. The van der Waals surface area contributed by atoms with Gasteiger partial charge in [-0.3, -0.25) is 0 Å². The Kier molecular flexibility index (Phi) is 3.20. The largest absolute Gasteiger partial charge is 0.374 e. The fourth-order valence-corrected chi connectivity index (χ4v) is 2.43. The van der Waals surface area contributed by atoms with Gasteiger partial charge in [0.25, 0.3) is 0 Å². The van der Waals surface area contributed by atoms with E-state index in [0.29, 0.717) is 5.41 Å². The Hall–Kier alpha value is -1.02. The molecule has 2 heteroatoms. The molecule has 1 aliphatic carbocycles. The molecule has 1 saturated carbocycles. The van der Waals surface area contributed by atoms with Crippen LogP contribution in [0.1, 0.15) is 24.8 Å². The van der Waals surface area contributed by atoms with E-state index in [2.05, 4.69) is 43.1 Å². The van der Waals surface area contributed by atoms with Crippen LogP contribution in [0.25, 0.3) is 0 Å². The van der Waals surface area contributed by atoms with Crippen LogP contribution < -0.4 is 10.6 Å². The molecular weight excluding hydrogens is 196 g/mol. The van der Waals surface area contributed by atoms with E-state index >= 15 is 0 Å². The first kappa shape index (κ1) is 11.5. The van der Waals surface area contributed by atoms with Crippen molar-refractivity contribution in [2.75, 3.05) is 25.0 Å². The Morgan fingerprint density at radius 3 is 2.69 bits per heavy atom. The molecule has 0 radical (unpaired) electrons. The number of benzene rings is 1. The number of hydrogen-bond acceptors (Lipinski definition) is 2. The Morgan fingerprint density at radius 1 is 1.38 bits per heavy atom. The van der Waals surface area contributed by atoms with Crippen molar-refractivity contribution < 1.29 is 0 Å². The van der Waals surface area contributed by atoms with Gasteiger partial charge in [0.1, 0.15) is 0 Å². The fraction of sp³-hybridized carbons (Fsp3) is 0.571. The summed E-state index contributed by atoms with van der Waals surface area (Å²) < 4.78 is 0. The third-order valence-corrected chi connectivity index (χ3v) is 3.65. The summed E-state index contributed by atoms with van der Waals surface area (Å²) in [6.07, 6.45) is 3.86. The highest BCUT2D eigenvalue weighted by Crippen LogP contribution is 2.49. The minimum absolute atomic E-state index is 0.521. The zero-order chi connectivity index (χ0) is 11.6. The molecule has 1 fully saturated rings. The van der Waals surface area contributed by atoms with Gasteiger partial charge in [-0.1, -0.05) is 12.1 Å². The molecule has 0 aliphatic heterocycles. The molecule has 0 aromatic heterocycles. The van der Waals surface area contributed by atoms with Crippen LogP contribution >= 0.6 is 0 Å². The highest BCUT2D eigenvalue weighted by Gasteiger charge is 2.42. The third-order valence-electron chi connectivity index (χ3n) is 3.65. The van der Waals surface area contributed by atoms with Crippen LogP contribution in [-0.4, -0.2) is 20.1 Å². The monoisotopic (exact) mass is 218 g/mol. The van der Waals surface area contributed by atoms with E-state index < -0.39 is 0 Å². The van der Waals surface area contributed by atoms with Crippen LogP contribution in [-0.2, 0) is 0 Å². The average Bonchev–Trinajstić information content (AvgIpc) is 2.98. The van der Waals surface area contributed by atoms with Gasteiger partial charge < -0.3 is 10.6 Å². The Balaban J connectivity index is 2.00. The predicted molar refractivity (Wildman–Crippen MR) is 69.8 cm³/mol. The Bertz CT molecular complexity index is 356. The molecule has 0 amide bonds. The van der Waals surface area contributed by atoms with Crippen molar-refractivity contribution in [3.63, 3.8) is 0 Å². The second-order valence-electron chi connectivity index (χ2n) is 5.23. The molecular formula is C14H22N2. The lowest BCUT2D eigenvalue weighted by Gasteiger charge is -2.25. The molecule has 0 heterocycles. The van der Waals surface area contributed by atoms with Crippen LogP contribution in [0.15, 0.2) is 24.3 Å². The van der Waals surface area contributed by atoms with E-state index in [1.54, 1.807) is 0 Å². The van der Waals surface area contributed by atoms with Crippen LogP contribution in [0.5, 0.6) is 0 Å². The van der Waals surface area contributed by atoms with Crippen LogP contribution in [0.2, 0.25) is 0 Å². The van der Waals surface area contributed by atoms with Crippen LogP contribution in [0.3, 0.4) is 0 Å². The number of anilines is 1. The number of rotatable bonds is 5. The fourth-order valence-electron chi connectivity index (χ4n) is 2.43. The van der Waals surface area contributed by atoms with Crippen LogP contribution in [0, 0.1) is 12.3 Å². The van der Waals surface area contributed by atoms with Crippen molar-refractivity contribution >= 4 is 5.69 Å². The maximum Gasteiger partial charge on any atom is 0.0366 e. The quantitative estimate of drug-likeness (QED) is 0.823. The molecule has 1 aromatic carbocycles. The molecule has 1 aromatic rings. The molecule has 0 unspecified atom stereocenters. The van der Waals surface area contributed by atoms with Gasteiger partial charge in [-0.25, -0.2) is 0 Å². The van der Waals surface area contributed by atoms with E-state index in [1.165, 1.54) is 30.5 Å². The minimum atomic E-state index is 0.521. The van der Waals surface area contributed by atoms with Crippen molar-refractivity contribution in [2.24, 2.45) is 11.1 Å². The first-order chi connectivity index (χ1) is 7.65. The van der Waals surface area contributed by atoms with Crippen molar-refractivity contribution in [1.82, 2.24) is 0 Å². The standard InChI is InChI=1S/C14H22N2/c1-12-4-3-5-13(10-12)16(2)11-14(6-7-14)8-9-15/h3-5,10H,6-9,11,15H2,1-2H3. The first-order valence-corrected chi connectivity index (χ1v) is 6.13. The zero-order valence-corrected chi connectivity index (χ0v) is 10.4. The molecule has 0 spiro atoms. The molecule has 88 valence electrons. The van der Waals surface area contributed by atoms with E-state index in [-0.39, 0.29) is 0 Å². The Labute approximate surface area is 98.4 Å². The highest BCUT2D eigenvalue weighted by atomic mass is 15.1. The number of nitrogens with two attached hydrogens (primary N) is 1. The van der Waals surface area contributed by atoms with Crippen LogP contribution in [0.4, 0.5) is 5.69 Å². The van der Waals surface area contributed by atoms with Gasteiger partial charge in [-0.2, -0.15) is 0 Å². The molecule has 0 saturated heterocycles. The number of nitrogens with zero attached hydrogens (tertiary/aromatic N) is 1. The van der Waals surface area contributed by atoms with Crippen molar-refractivity contribution in [1.29, 1.82) is 0 Å². The molecule has 16 heavy (non-hydrogen) atoms. The molecule has 2 nitrogen and oxygen atoms in total.